The van der Waals surface area contributed by atoms with Gasteiger partial charge in [-0.2, -0.15) is 0 Å². The van der Waals surface area contributed by atoms with Crippen molar-refractivity contribution < 1.29 is 19.1 Å². The number of hydrogen-bond acceptors (Lipinski definition) is 5. The van der Waals surface area contributed by atoms with Crippen molar-refractivity contribution in [1.82, 2.24) is 10.2 Å². The molecule has 0 saturated carbocycles. The van der Waals surface area contributed by atoms with Crippen molar-refractivity contribution in [3.63, 3.8) is 0 Å². The summed E-state index contributed by atoms with van der Waals surface area (Å²) in [5.41, 5.74) is 0.585. The van der Waals surface area contributed by atoms with Crippen LogP contribution < -0.4 is 14.8 Å². The van der Waals surface area contributed by atoms with Crippen LogP contribution in [0.1, 0.15) is 19.4 Å². The van der Waals surface area contributed by atoms with Crippen molar-refractivity contribution in [2.45, 2.75) is 20.0 Å². The summed E-state index contributed by atoms with van der Waals surface area (Å²) in [7, 11) is 1.52. The molecule has 1 heterocycles. The molecule has 0 aliphatic carbocycles. The molecule has 2 amide bonds. The molecule has 0 aromatic heterocycles. The lowest BCUT2D eigenvalue weighted by Gasteiger charge is -2.27. The molecule has 1 aliphatic rings. The predicted molar refractivity (Wildman–Crippen MR) is 107 cm³/mol. The number of carbonyl (C=O) groups is 2. The van der Waals surface area contributed by atoms with E-state index >= 15 is 0 Å². The first-order valence-corrected chi connectivity index (χ1v) is 9.02. The molecule has 26 heavy (non-hydrogen) atoms. The molecule has 1 aromatic carbocycles. The van der Waals surface area contributed by atoms with Crippen LogP contribution in [0.15, 0.2) is 34.8 Å². The van der Waals surface area contributed by atoms with Crippen LogP contribution in [0, 0.1) is 0 Å². The van der Waals surface area contributed by atoms with Gasteiger partial charge in [0.25, 0.3) is 11.8 Å². The van der Waals surface area contributed by atoms with Crippen LogP contribution in [-0.4, -0.2) is 41.6 Å². The molecule has 138 valence electrons. The van der Waals surface area contributed by atoms with E-state index in [-0.39, 0.29) is 23.3 Å². The number of halogens is 1. The minimum Gasteiger partial charge on any atom is -0.493 e. The summed E-state index contributed by atoms with van der Waals surface area (Å²) in [6.07, 6.45) is 2.99. The lowest BCUT2D eigenvalue weighted by atomic mass is 10.1. The molecular weight excluding hydrogens is 420 g/mol. The molecule has 8 heteroatoms. The van der Waals surface area contributed by atoms with Gasteiger partial charge in [-0.3, -0.25) is 19.8 Å². The van der Waals surface area contributed by atoms with Crippen LogP contribution >= 0.6 is 28.1 Å². The topological polar surface area (TPSA) is 67.9 Å². The zero-order valence-corrected chi connectivity index (χ0v) is 17.1. The van der Waals surface area contributed by atoms with Gasteiger partial charge in [-0.1, -0.05) is 6.08 Å². The number of ether oxygens (including phenoxy) is 2. The van der Waals surface area contributed by atoms with Gasteiger partial charge in [0.15, 0.2) is 16.6 Å². The van der Waals surface area contributed by atoms with Crippen LogP contribution in [-0.2, 0) is 9.59 Å². The molecule has 1 N–H and O–H groups in total. The lowest BCUT2D eigenvalue weighted by molar-refractivity contribution is -0.128. The van der Waals surface area contributed by atoms with E-state index < -0.39 is 11.8 Å². The first-order chi connectivity index (χ1) is 12.3. The lowest BCUT2D eigenvalue weighted by Crippen LogP contribution is -2.53. The van der Waals surface area contributed by atoms with Crippen LogP contribution in [0.25, 0.3) is 6.08 Å². The van der Waals surface area contributed by atoms with Crippen molar-refractivity contribution in [2.24, 2.45) is 0 Å². The predicted octanol–water partition coefficient (Wildman–Crippen LogP) is 3.06. The highest BCUT2D eigenvalue weighted by atomic mass is 79.9. The Kier molecular flexibility index (Phi) is 6.55. The summed E-state index contributed by atoms with van der Waals surface area (Å²) in [4.78, 5) is 26.1. The highest BCUT2D eigenvalue weighted by Crippen LogP contribution is 2.38. The SMILES string of the molecule is C=CCN1C(=O)/C(=C/c2cc(Br)c(OC(C)C)c(OC)c2)C(=O)NC1=S. The molecule has 0 bridgehead atoms. The van der Waals surface area contributed by atoms with Crippen molar-refractivity contribution in [3.05, 3.63) is 40.4 Å². The van der Waals surface area contributed by atoms with E-state index in [0.29, 0.717) is 21.5 Å². The summed E-state index contributed by atoms with van der Waals surface area (Å²) in [6, 6.07) is 3.44. The van der Waals surface area contributed by atoms with Crippen LogP contribution in [0.5, 0.6) is 11.5 Å². The molecule has 0 atom stereocenters. The maximum absolute atomic E-state index is 12.6. The number of amides is 2. The first kappa shape index (κ1) is 20.1. The van der Waals surface area contributed by atoms with Crippen molar-refractivity contribution in [1.29, 1.82) is 0 Å². The molecule has 6 nitrogen and oxygen atoms in total. The highest BCUT2D eigenvalue weighted by molar-refractivity contribution is 9.10. The van der Waals surface area contributed by atoms with E-state index in [1.165, 1.54) is 24.2 Å². The van der Waals surface area contributed by atoms with Gasteiger partial charge in [-0.25, -0.2) is 0 Å². The van der Waals surface area contributed by atoms with Gasteiger partial charge in [0, 0.05) is 6.54 Å². The Bertz CT molecular complexity index is 805. The number of thiocarbonyl (C=S) groups is 1. The smallest absolute Gasteiger partial charge is 0.265 e. The molecule has 0 radical (unpaired) electrons. The maximum atomic E-state index is 12.6. The number of benzene rings is 1. The Balaban J connectivity index is 2.46. The van der Waals surface area contributed by atoms with Gasteiger partial charge in [-0.15, -0.1) is 6.58 Å². The van der Waals surface area contributed by atoms with Crippen molar-refractivity contribution >= 4 is 51.2 Å². The summed E-state index contributed by atoms with van der Waals surface area (Å²) >= 11 is 8.48. The van der Waals surface area contributed by atoms with E-state index in [1.807, 2.05) is 13.8 Å². The maximum Gasteiger partial charge on any atom is 0.265 e. The minimum absolute atomic E-state index is 0.0214. The molecular formula is C18H19BrN2O4S. The van der Waals surface area contributed by atoms with Crippen molar-refractivity contribution in [2.75, 3.05) is 13.7 Å². The van der Waals surface area contributed by atoms with Gasteiger partial charge < -0.3 is 9.47 Å². The van der Waals surface area contributed by atoms with E-state index in [9.17, 15) is 9.59 Å². The third-order valence-corrected chi connectivity index (χ3v) is 4.33. The molecule has 1 fully saturated rings. The Hall–Kier alpha value is -2.19. The monoisotopic (exact) mass is 438 g/mol. The number of hydrogen-bond donors (Lipinski definition) is 1. The average Bonchev–Trinajstić information content (AvgIpc) is 2.57. The quantitative estimate of drug-likeness (QED) is 0.320. The second kappa shape index (κ2) is 8.46. The molecule has 0 spiro atoms. The van der Waals surface area contributed by atoms with Crippen molar-refractivity contribution in [3.8, 4) is 11.5 Å². The first-order valence-electron chi connectivity index (χ1n) is 7.82. The van der Waals surface area contributed by atoms with Gasteiger partial charge in [-0.05, 0) is 65.8 Å². The van der Waals surface area contributed by atoms with Crippen LogP contribution in [0.2, 0.25) is 0 Å². The third kappa shape index (κ3) is 4.31. The standard InChI is InChI=1S/C18H19BrN2O4S/c1-5-6-21-17(23)12(16(22)20-18(21)26)7-11-8-13(19)15(25-10(2)3)14(9-11)24-4/h5,7-10H,1,6H2,2-4H3,(H,20,22,26)/b12-7+. The molecule has 1 aromatic rings. The third-order valence-electron chi connectivity index (χ3n) is 3.41. The molecule has 2 rings (SSSR count). The summed E-state index contributed by atoms with van der Waals surface area (Å²) in [5, 5.41) is 2.58. The van der Waals surface area contributed by atoms with E-state index in [2.05, 4.69) is 27.8 Å². The number of nitrogens with zero attached hydrogens (tertiary/aromatic N) is 1. The van der Waals surface area contributed by atoms with Crippen LogP contribution in [0.4, 0.5) is 0 Å². The largest absolute Gasteiger partial charge is 0.493 e. The van der Waals surface area contributed by atoms with E-state index in [0.717, 1.165) is 0 Å². The average molecular weight is 439 g/mol. The van der Waals surface area contributed by atoms with E-state index in [4.69, 9.17) is 21.7 Å². The number of methoxy groups -OCH3 is 1. The van der Waals surface area contributed by atoms with Gasteiger partial charge in [0.1, 0.15) is 5.57 Å². The van der Waals surface area contributed by atoms with Gasteiger partial charge in [0.05, 0.1) is 17.7 Å². The van der Waals surface area contributed by atoms with E-state index in [1.54, 1.807) is 12.1 Å². The zero-order valence-electron chi connectivity index (χ0n) is 14.7. The number of rotatable bonds is 6. The second-order valence-electron chi connectivity index (χ2n) is 5.72. The molecule has 1 saturated heterocycles. The minimum atomic E-state index is -0.544. The Morgan fingerprint density at radius 3 is 2.65 bits per heavy atom. The number of nitrogens with one attached hydrogen (secondary N) is 1. The van der Waals surface area contributed by atoms with Gasteiger partial charge in [0.2, 0.25) is 0 Å². The summed E-state index contributed by atoms with van der Waals surface area (Å²) in [6.45, 7) is 7.62. The Morgan fingerprint density at radius 2 is 2.08 bits per heavy atom. The number of carbonyl (C=O) groups excluding carboxylic acids is 2. The van der Waals surface area contributed by atoms with Crippen LogP contribution in [0.3, 0.4) is 0 Å². The zero-order chi connectivity index (χ0) is 19.4. The fourth-order valence-electron chi connectivity index (χ4n) is 2.33. The fraction of sp³-hybridized carbons (Fsp3) is 0.278. The molecule has 1 aliphatic heterocycles. The summed E-state index contributed by atoms with van der Waals surface area (Å²) < 4.78 is 11.8. The normalized spacial score (nSPS) is 16.1. The highest BCUT2D eigenvalue weighted by Gasteiger charge is 2.32. The fourth-order valence-corrected chi connectivity index (χ4v) is 3.13. The Labute approximate surface area is 166 Å². The molecule has 0 unspecified atom stereocenters. The second-order valence-corrected chi connectivity index (χ2v) is 6.96. The Morgan fingerprint density at radius 1 is 1.38 bits per heavy atom. The summed E-state index contributed by atoms with van der Waals surface area (Å²) in [5.74, 6) is 0.0229. The van der Waals surface area contributed by atoms with Gasteiger partial charge >= 0.3 is 0 Å².